The first kappa shape index (κ1) is 16.0. The van der Waals surface area contributed by atoms with Crippen LogP contribution in [0.1, 0.15) is 23.7 Å². The van der Waals surface area contributed by atoms with Gasteiger partial charge in [0.25, 0.3) is 5.91 Å². The van der Waals surface area contributed by atoms with Crippen LogP contribution in [0.2, 0.25) is 0 Å². The van der Waals surface area contributed by atoms with Gasteiger partial charge >= 0.3 is 0 Å². The molecule has 2 rings (SSSR count). The molecule has 0 aromatic heterocycles. The van der Waals surface area contributed by atoms with Gasteiger partial charge < -0.3 is 10.1 Å². The van der Waals surface area contributed by atoms with Crippen LogP contribution in [0.3, 0.4) is 0 Å². The van der Waals surface area contributed by atoms with Crippen molar-refractivity contribution in [1.29, 1.82) is 0 Å². The van der Waals surface area contributed by atoms with Crippen molar-refractivity contribution in [2.75, 3.05) is 11.9 Å². The van der Waals surface area contributed by atoms with Crippen LogP contribution in [-0.2, 0) is 0 Å². The fourth-order valence-electron chi connectivity index (χ4n) is 1.81. The standard InChI is InChI=1S/C17H18N2O2S/c1-2-11-21-15-10-6-9-14(12-15)18-17(22)19-16(20)13-7-4-3-5-8-13/h3-10,12H,2,11H2,1H3,(H2,18,19,20,22). The van der Waals surface area contributed by atoms with Gasteiger partial charge in [-0.25, -0.2) is 0 Å². The number of benzene rings is 2. The highest BCUT2D eigenvalue weighted by Gasteiger charge is 2.07. The third-order valence-electron chi connectivity index (χ3n) is 2.83. The summed E-state index contributed by atoms with van der Waals surface area (Å²) in [4.78, 5) is 12.0. The second-order valence-electron chi connectivity index (χ2n) is 4.65. The van der Waals surface area contributed by atoms with Gasteiger partial charge in [0, 0.05) is 17.3 Å². The third-order valence-corrected chi connectivity index (χ3v) is 3.03. The second-order valence-corrected chi connectivity index (χ2v) is 5.06. The number of amides is 1. The molecule has 4 nitrogen and oxygen atoms in total. The van der Waals surface area contributed by atoms with Crippen molar-refractivity contribution in [3.05, 3.63) is 60.2 Å². The van der Waals surface area contributed by atoms with E-state index in [2.05, 4.69) is 17.6 Å². The Bertz CT molecular complexity index is 644. The zero-order chi connectivity index (χ0) is 15.8. The summed E-state index contributed by atoms with van der Waals surface area (Å²) in [7, 11) is 0. The molecule has 5 heteroatoms. The van der Waals surface area contributed by atoms with Gasteiger partial charge in [-0.15, -0.1) is 0 Å². The predicted molar refractivity (Wildman–Crippen MR) is 92.4 cm³/mol. The van der Waals surface area contributed by atoms with E-state index in [1.54, 1.807) is 24.3 Å². The highest BCUT2D eigenvalue weighted by atomic mass is 32.1. The van der Waals surface area contributed by atoms with E-state index in [4.69, 9.17) is 17.0 Å². The summed E-state index contributed by atoms with van der Waals surface area (Å²) in [6.45, 7) is 2.72. The molecule has 0 atom stereocenters. The number of ether oxygens (including phenoxy) is 1. The van der Waals surface area contributed by atoms with E-state index in [9.17, 15) is 4.79 Å². The molecule has 0 fully saturated rings. The van der Waals surface area contributed by atoms with Gasteiger partial charge in [-0.05, 0) is 42.9 Å². The number of hydrogen-bond acceptors (Lipinski definition) is 3. The van der Waals surface area contributed by atoms with Crippen LogP contribution in [0.15, 0.2) is 54.6 Å². The molecule has 0 heterocycles. The monoisotopic (exact) mass is 314 g/mol. The van der Waals surface area contributed by atoms with Crippen molar-refractivity contribution >= 4 is 28.9 Å². The first-order valence-corrected chi connectivity index (χ1v) is 7.50. The first-order valence-electron chi connectivity index (χ1n) is 7.09. The Balaban J connectivity index is 1.93. The number of carbonyl (C=O) groups is 1. The van der Waals surface area contributed by atoms with Crippen LogP contribution in [0.25, 0.3) is 0 Å². The molecule has 0 bridgehead atoms. The molecule has 0 radical (unpaired) electrons. The molecule has 0 unspecified atom stereocenters. The number of hydrogen-bond donors (Lipinski definition) is 2. The minimum atomic E-state index is -0.239. The highest BCUT2D eigenvalue weighted by Crippen LogP contribution is 2.17. The Kier molecular flexibility index (Phi) is 5.91. The summed E-state index contributed by atoms with van der Waals surface area (Å²) in [6, 6.07) is 16.4. The third kappa shape index (κ3) is 4.86. The van der Waals surface area contributed by atoms with E-state index in [1.165, 1.54) is 0 Å². The Morgan fingerprint density at radius 1 is 1.14 bits per heavy atom. The van der Waals surface area contributed by atoms with Gasteiger partial charge in [0.15, 0.2) is 5.11 Å². The van der Waals surface area contributed by atoms with Gasteiger partial charge in [0.2, 0.25) is 0 Å². The molecule has 1 amide bonds. The molecule has 2 aromatic carbocycles. The lowest BCUT2D eigenvalue weighted by Gasteiger charge is -2.11. The lowest BCUT2D eigenvalue weighted by atomic mass is 10.2. The van der Waals surface area contributed by atoms with Crippen LogP contribution >= 0.6 is 12.2 Å². The molecule has 22 heavy (non-hydrogen) atoms. The van der Waals surface area contributed by atoms with Gasteiger partial charge in [-0.2, -0.15) is 0 Å². The van der Waals surface area contributed by atoms with E-state index in [-0.39, 0.29) is 11.0 Å². The molecule has 0 saturated heterocycles. The van der Waals surface area contributed by atoms with Crippen LogP contribution in [0, 0.1) is 0 Å². The molecule has 0 aliphatic rings. The minimum absolute atomic E-state index is 0.239. The Morgan fingerprint density at radius 3 is 2.64 bits per heavy atom. The summed E-state index contributed by atoms with van der Waals surface area (Å²) in [5.41, 5.74) is 1.33. The predicted octanol–water partition coefficient (Wildman–Crippen LogP) is 3.60. The van der Waals surface area contributed by atoms with Crippen molar-refractivity contribution in [3.63, 3.8) is 0 Å². The van der Waals surface area contributed by atoms with Crippen molar-refractivity contribution in [1.82, 2.24) is 5.32 Å². The van der Waals surface area contributed by atoms with Crippen LogP contribution in [0.4, 0.5) is 5.69 Å². The van der Waals surface area contributed by atoms with E-state index >= 15 is 0 Å². The topological polar surface area (TPSA) is 50.4 Å². The van der Waals surface area contributed by atoms with E-state index in [1.807, 2.05) is 30.3 Å². The maximum absolute atomic E-state index is 12.0. The molecule has 0 aliphatic carbocycles. The van der Waals surface area contributed by atoms with E-state index in [0.29, 0.717) is 12.2 Å². The number of anilines is 1. The smallest absolute Gasteiger partial charge is 0.257 e. The number of thiocarbonyl (C=S) groups is 1. The van der Waals surface area contributed by atoms with E-state index < -0.39 is 0 Å². The summed E-state index contributed by atoms with van der Waals surface area (Å²) in [5.74, 6) is 0.528. The highest BCUT2D eigenvalue weighted by molar-refractivity contribution is 7.80. The van der Waals surface area contributed by atoms with Crippen LogP contribution in [0.5, 0.6) is 5.75 Å². The quantitative estimate of drug-likeness (QED) is 0.828. The summed E-state index contributed by atoms with van der Waals surface area (Å²) >= 11 is 5.16. The Morgan fingerprint density at radius 2 is 1.91 bits per heavy atom. The number of carbonyl (C=O) groups excluding carboxylic acids is 1. The molecule has 0 spiro atoms. The van der Waals surface area contributed by atoms with Gasteiger partial charge in [-0.1, -0.05) is 31.2 Å². The summed E-state index contributed by atoms with van der Waals surface area (Å²) in [5, 5.41) is 5.88. The van der Waals surface area contributed by atoms with Crippen molar-refractivity contribution in [2.24, 2.45) is 0 Å². The largest absolute Gasteiger partial charge is 0.494 e. The maximum Gasteiger partial charge on any atom is 0.257 e. The fraction of sp³-hybridized carbons (Fsp3) is 0.176. The lowest BCUT2D eigenvalue weighted by molar-refractivity contribution is 0.0977. The zero-order valence-corrected chi connectivity index (χ0v) is 13.2. The first-order chi connectivity index (χ1) is 10.7. The van der Waals surface area contributed by atoms with Crippen molar-refractivity contribution in [2.45, 2.75) is 13.3 Å². The van der Waals surface area contributed by atoms with E-state index in [0.717, 1.165) is 17.9 Å². The average Bonchev–Trinajstić information content (AvgIpc) is 2.54. The van der Waals surface area contributed by atoms with Gasteiger partial charge in [0.1, 0.15) is 5.75 Å². The lowest BCUT2D eigenvalue weighted by Crippen LogP contribution is -2.34. The molecule has 114 valence electrons. The fourth-order valence-corrected chi connectivity index (χ4v) is 2.02. The number of rotatable bonds is 5. The Hall–Kier alpha value is -2.40. The average molecular weight is 314 g/mol. The molecular formula is C17H18N2O2S. The molecule has 2 aromatic rings. The van der Waals surface area contributed by atoms with Crippen molar-refractivity contribution < 1.29 is 9.53 Å². The van der Waals surface area contributed by atoms with Crippen molar-refractivity contribution in [3.8, 4) is 5.75 Å². The maximum atomic E-state index is 12.0. The van der Waals surface area contributed by atoms with Crippen LogP contribution in [-0.4, -0.2) is 17.6 Å². The second kappa shape index (κ2) is 8.14. The van der Waals surface area contributed by atoms with Gasteiger partial charge in [0.05, 0.1) is 6.61 Å². The molecule has 0 saturated carbocycles. The molecule has 2 N–H and O–H groups in total. The zero-order valence-electron chi connectivity index (χ0n) is 12.3. The summed E-state index contributed by atoms with van der Waals surface area (Å²) < 4.78 is 5.56. The SMILES string of the molecule is CCCOc1cccc(NC(=S)NC(=O)c2ccccc2)c1. The number of nitrogens with one attached hydrogen (secondary N) is 2. The normalized spacial score (nSPS) is 9.86. The molecule has 0 aliphatic heterocycles. The molecular weight excluding hydrogens is 296 g/mol. The summed E-state index contributed by atoms with van der Waals surface area (Å²) in [6.07, 6.45) is 0.948. The van der Waals surface area contributed by atoms with Gasteiger partial charge in [-0.3, -0.25) is 10.1 Å². The van der Waals surface area contributed by atoms with Crippen LogP contribution < -0.4 is 15.4 Å². The minimum Gasteiger partial charge on any atom is -0.494 e. The Labute approximate surface area is 135 Å².